The summed E-state index contributed by atoms with van der Waals surface area (Å²) < 4.78 is 5.58. The first kappa shape index (κ1) is 18.9. The highest BCUT2D eigenvalue weighted by Crippen LogP contribution is 2.36. The number of rotatable bonds is 8. The zero-order valence-electron chi connectivity index (χ0n) is 15.6. The summed E-state index contributed by atoms with van der Waals surface area (Å²) in [6.07, 6.45) is 2.26. The van der Waals surface area contributed by atoms with E-state index in [1.54, 1.807) is 12.1 Å². The molecule has 0 aliphatic heterocycles. The van der Waals surface area contributed by atoms with Crippen molar-refractivity contribution in [2.24, 2.45) is 5.92 Å². The summed E-state index contributed by atoms with van der Waals surface area (Å²) in [7, 11) is 0. The van der Waals surface area contributed by atoms with E-state index >= 15 is 0 Å². The highest BCUT2D eigenvalue weighted by atomic mass is 16.6. The van der Waals surface area contributed by atoms with Crippen LogP contribution in [0, 0.1) is 23.0 Å². The van der Waals surface area contributed by atoms with Gasteiger partial charge in [0, 0.05) is 18.7 Å². The van der Waals surface area contributed by atoms with Gasteiger partial charge >= 0.3 is 5.69 Å². The van der Waals surface area contributed by atoms with Crippen molar-refractivity contribution in [2.45, 2.75) is 39.3 Å². The van der Waals surface area contributed by atoms with Crippen molar-refractivity contribution < 1.29 is 14.5 Å². The maximum atomic E-state index is 12.9. The highest BCUT2D eigenvalue weighted by Gasteiger charge is 2.34. The molecule has 1 unspecified atom stereocenters. The lowest BCUT2D eigenvalue weighted by atomic mass is 10.1. The largest absolute Gasteiger partial charge is 0.477 e. The number of benzene rings is 2. The van der Waals surface area contributed by atoms with Gasteiger partial charge in [-0.15, -0.1) is 0 Å². The van der Waals surface area contributed by atoms with E-state index in [0.29, 0.717) is 12.5 Å². The molecule has 0 spiro atoms. The first-order chi connectivity index (χ1) is 13.0. The minimum Gasteiger partial charge on any atom is -0.477 e. The molecule has 1 atom stereocenters. The minimum absolute atomic E-state index is 0.119. The zero-order valence-corrected chi connectivity index (χ0v) is 15.6. The molecule has 6 heteroatoms. The summed E-state index contributed by atoms with van der Waals surface area (Å²) in [6, 6.07) is 14.6. The lowest BCUT2D eigenvalue weighted by Crippen LogP contribution is -2.42. The lowest BCUT2D eigenvalue weighted by molar-refractivity contribution is -0.385. The van der Waals surface area contributed by atoms with Crippen LogP contribution in [0.1, 0.15) is 30.9 Å². The lowest BCUT2D eigenvalue weighted by Gasteiger charge is -2.29. The molecule has 0 bridgehead atoms. The van der Waals surface area contributed by atoms with Gasteiger partial charge in [0.2, 0.25) is 0 Å². The van der Waals surface area contributed by atoms with Crippen LogP contribution >= 0.6 is 0 Å². The van der Waals surface area contributed by atoms with Crippen LogP contribution in [0.3, 0.4) is 0 Å². The molecule has 0 N–H and O–H groups in total. The predicted molar refractivity (Wildman–Crippen MR) is 103 cm³/mol. The van der Waals surface area contributed by atoms with E-state index in [-0.39, 0.29) is 30.0 Å². The van der Waals surface area contributed by atoms with Gasteiger partial charge in [-0.1, -0.05) is 36.4 Å². The smallest absolute Gasteiger partial charge is 0.310 e. The number of amides is 1. The third kappa shape index (κ3) is 4.84. The standard InChI is InChI=1S/C21H24N2O4/c1-15-8-11-19(23(25)26)20(12-15)27-14-21(24)22(16(2)18-9-10-18)13-17-6-4-3-5-7-17/h3-8,11-12,16,18H,9-10,13-14H2,1-2H3. The molecule has 1 aliphatic carbocycles. The van der Waals surface area contributed by atoms with Crippen molar-refractivity contribution in [3.05, 3.63) is 69.8 Å². The van der Waals surface area contributed by atoms with Crippen molar-refractivity contribution in [3.8, 4) is 5.75 Å². The number of carbonyl (C=O) groups excluding carboxylic acids is 1. The van der Waals surface area contributed by atoms with Crippen LogP contribution in [0.25, 0.3) is 0 Å². The number of nitrogens with zero attached hydrogens (tertiary/aromatic N) is 2. The van der Waals surface area contributed by atoms with Crippen molar-refractivity contribution in [2.75, 3.05) is 6.61 Å². The molecule has 6 nitrogen and oxygen atoms in total. The molecule has 27 heavy (non-hydrogen) atoms. The third-order valence-corrected chi connectivity index (χ3v) is 4.98. The quantitative estimate of drug-likeness (QED) is 0.519. The number of hydrogen-bond donors (Lipinski definition) is 0. The average Bonchev–Trinajstić information content (AvgIpc) is 3.49. The molecular formula is C21H24N2O4. The number of nitro benzene ring substituents is 1. The molecule has 1 fully saturated rings. The second-order valence-corrected chi connectivity index (χ2v) is 7.10. The van der Waals surface area contributed by atoms with Gasteiger partial charge in [0.1, 0.15) is 0 Å². The third-order valence-electron chi connectivity index (χ3n) is 4.98. The average molecular weight is 368 g/mol. The van der Waals surface area contributed by atoms with E-state index in [2.05, 4.69) is 6.92 Å². The Morgan fingerprint density at radius 3 is 2.59 bits per heavy atom. The van der Waals surface area contributed by atoms with Crippen molar-refractivity contribution in [3.63, 3.8) is 0 Å². The Balaban J connectivity index is 1.73. The summed E-state index contributed by atoms with van der Waals surface area (Å²) >= 11 is 0. The topological polar surface area (TPSA) is 72.7 Å². The molecule has 1 aliphatic rings. The molecule has 1 saturated carbocycles. The first-order valence-electron chi connectivity index (χ1n) is 9.17. The highest BCUT2D eigenvalue weighted by molar-refractivity contribution is 5.78. The number of ether oxygens (including phenoxy) is 1. The SMILES string of the molecule is Cc1ccc([N+](=O)[O-])c(OCC(=O)N(Cc2ccccc2)C(C)C2CC2)c1. The van der Waals surface area contributed by atoms with Crippen molar-refractivity contribution in [1.82, 2.24) is 4.90 Å². The Bertz CT molecular complexity index is 818. The van der Waals surface area contributed by atoms with Crippen molar-refractivity contribution in [1.29, 1.82) is 0 Å². The number of carbonyl (C=O) groups is 1. The molecule has 0 radical (unpaired) electrons. The van der Waals surface area contributed by atoms with Crippen LogP contribution in [0.5, 0.6) is 5.75 Å². The van der Waals surface area contributed by atoms with Crippen LogP contribution in [0.4, 0.5) is 5.69 Å². The van der Waals surface area contributed by atoms with Crippen molar-refractivity contribution >= 4 is 11.6 Å². The Morgan fingerprint density at radius 2 is 1.96 bits per heavy atom. The van der Waals surface area contributed by atoms with Gasteiger partial charge in [0.25, 0.3) is 5.91 Å². The summed E-state index contributed by atoms with van der Waals surface area (Å²) in [6.45, 7) is 4.19. The predicted octanol–water partition coefficient (Wildman–Crippen LogP) is 4.11. The molecule has 142 valence electrons. The molecule has 2 aromatic carbocycles. The van der Waals surface area contributed by atoms with Gasteiger partial charge in [-0.3, -0.25) is 14.9 Å². The Hall–Kier alpha value is -2.89. The van der Waals surface area contributed by atoms with E-state index in [9.17, 15) is 14.9 Å². The zero-order chi connectivity index (χ0) is 19.4. The van der Waals surface area contributed by atoms with E-state index in [1.165, 1.54) is 6.07 Å². The van der Waals surface area contributed by atoms with Crippen LogP contribution in [-0.2, 0) is 11.3 Å². The maximum Gasteiger partial charge on any atom is 0.310 e. The van der Waals surface area contributed by atoms with Crippen LogP contribution in [0.2, 0.25) is 0 Å². The Kier molecular flexibility index (Phi) is 5.74. The summed E-state index contributed by atoms with van der Waals surface area (Å²) in [5.74, 6) is 0.493. The van der Waals surface area contributed by atoms with Gasteiger partial charge in [0.15, 0.2) is 12.4 Å². The van der Waals surface area contributed by atoms with Gasteiger partial charge < -0.3 is 9.64 Å². The molecule has 0 aromatic heterocycles. The number of aryl methyl sites for hydroxylation is 1. The minimum atomic E-state index is -0.492. The normalized spacial score (nSPS) is 14.4. The van der Waals surface area contributed by atoms with Crippen LogP contribution in [-0.4, -0.2) is 28.4 Å². The molecule has 1 amide bonds. The molecule has 0 saturated heterocycles. The van der Waals surface area contributed by atoms with Gasteiger partial charge in [-0.25, -0.2) is 0 Å². The van der Waals surface area contributed by atoms with E-state index in [4.69, 9.17) is 4.74 Å². The fourth-order valence-electron chi connectivity index (χ4n) is 3.18. The van der Waals surface area contributed by atoms with Gasteiger partial charge in [-0.05, 0) is 49.8 Å². The monoisotopic (exact) mass is 368 g/mol. The fraction of sp³-hybridized carbons (Fsp3) is 0.381. The second-order valence-electron chi connectivity index (χ2n) is 7.10. The first-order valence-corrected chi connectivity index (χ1v) is 9.17. The van der Waals surface area contributed by atoms with E-state index < -0.39 is 4.92 Å². The number of hydrogen-bond acceptors (Lipinski definition) is 4. The van der Waals surface area contributed by atoms with Crippen LogP contribution < -0.4 is 4.74 Å². The second kappa shape index (κ2) is 8.20. The van der Waals surface area contributed by atoms with E-state index in [0.717, 1.165) is 24.0 Å². The summed E-state index contributed by atoms with van der Waals surface area (Å²) in [5.41, 5.74) is 1.77. The Labute approximate surface area is 158 Å². The van der Waals surface area contributed by atoms with Gasteiger partial charge in [0.05, 0.1) is 4.92 Å². The summed E-state index contributed by atoms with van der Waals surface area (Å²) in [5, 5.41) is 11.2. The molecule has 2 aromatic rings. The molecule has 3 rings (SSSR count). The fourth-order valence-corrected chi connectivity index (χ4v) is 3.18. The molecular weight excluding hydrogens is 344 g/mol. The summed E-state index contributed by atoms with van der Waals surface area (Å²) in [4.78, 5) is 25.4. The van der Waals surface area contributed by atoms with E-state index in [1.807, 2.05) is 42.2 Å². The Morgan fingerprint density at radius 1 is 1.26 bits per heavy atom. The maximum absolute atomic E-state index is 12.9. The molecule has 0 heterocycles. The van der Waals surface area contributed by atoms with Gasteiger partial charge in [-0.2, -0.15) is 0 Å². The number of nitro groups is 1. The van der Waals surface area contributed by atoms with Crippen LogP contribution in [0.15, 0.2) is 48.5 Å².